The quantitative estimate of drug-likeness (QED) is 0.155. The zero-order chi connectivity index (χ0) is 40.1. The lowest BCUT2D eigenvalue weighted by atomic mass is 9.95. The van der Waals surface area contributed by atoms with Gasteiger partial charge in [-0.3, -0.25) is 9.59 Å². The number of halogens is 2. The van der Waals surface area contributed by atoms with Crippen LogP contribution in [0.4, 0.5) is 21.0 Å². The van der Waals surface area contributed by atoms with Crippen molar-refractivity contribution in [3.8, 4) is 11.5 Å². The maximum atomic E-state index is 14.3. The number of alkyl halides is 2. The lowest BCUT2D eigenvalue weighted by Crippen LogP contribution is -2.40. The molecule has 7 rings (SSSR count). The van der Waals surface area contributed by atoms with Crippen LogP contribution in [0.5, 0.6) is 11.5 Å². The van der Waals surface area contributed by atoms with Crippen LogP contribution in [0.25, 0.3) is 21.5 Å². The molecule has 5 aromatic rings. The third-order valence-corrected chi connectivity index (χ3v) is 12.0. The highest BCUT2D eigenvalue weighted by Gasteiger charge is 2.38. The van der Waals surface area contributed by atoms with Crippen LogP contribution in [0, 0.1) is 0 Å². The van der Waals surface area contributed by atoms with Gasteiger partial charge in [0.25, 0.3) is 11.8 Å². The second-order valence-corrected chi connectivity index (χ2v) is 16.8. The Bertz CT molecular complexity index is 2380. The van der Waals surface area contributed by atoms with E-state index in [0.29, 0.717) is 50.9 Å². The van der Waals surface area contributed by atoms with Crippen molar-refractivity contribution in [2.45, 2.75) is 38.2 Å². The maximum absolute atomic E-state index is 14.3. The largest absolute Gasteiger partial charge is 0.507 e. The second-order valence-electron chi connectivity index (χ2n) is 15.1. The molecule has 2 aliphatic heterocycles. The van der Waals surface area contributed by atoms with Crippen LogP contribution >= 0.6 is 34.5 Å². The predicted molar refractivity (Wildman–Crippen MR) is 222 cm³/mol. The molecular weight excluding hydrogens is 775 g/mol. The third-order valence-electron chi connectivity index (χ3n) is 10.1. The third kappa shape index (κ3) is 7.33. The Hall–Kier alpha value is -5.04. The molecule has 1 N–H and O–H groups in total. The summed E-state index contributed by atoms with van der Waals surface area (Å²) < 4.78 is 11.4. The molecule has 4 amide bonds. The van der Waals surface area contributed by atoms with Crippen LogP contribution in [0.15, 0.2) is 72.8 Å². The number of amides is 4. The number of carbonyl (C=O) groups is 4. The van der Waals surface area contributed by atoms with Gasteiger partial charge >= 0.3 is 12.2 Å². The minimum absolute atomic E-state index is 0.0750. The fraction of sp³-hybridized carbons (Fsp3) is 0.333. The molecule has 56 heavy (non-hydrogen) atoms. The Morgan fingerprint density at radius 2 is 1.20 bits per heavy atom. The molecule has 2 aliphatic rings. The fourth-order valence-electron chi connectivity index (χ4n) is 7.39. The van der Waals surface area contributed by atoms with Crippen molar-refractivity contribution in [3.63, 3.8) is 0 Å². The van der Waals surface area contributed by atoms with Crippen molar-refractivity contribution in [1.82, 2.24) is 9.80 Å². The van der Waals surface area contributed by atoms with Gasteiger partial charge in [0.2, 0.25) is 0 Å². The van der Waals surface area contributed by atoms with E-state index in [4.69, 9.17) is 32.7 Å². The normalized spacial score (nSPS) is 16.2. The Kier molecular flexibility index (Phi) is 10.8. The summed E-state index contributed by atoms with van der Waals surface area (Å²) in [5.74, 6) is -0.0549. The van der Waals surface area contributed by atoms with Crippen LogP contribution in [-0.2, 0) is 4.74 Å². The highest BCUT2D eigenvalue weighted by atomic mass is 35.5. The molecule has 4 aromatic carbocycles. The molecule has 0 saturated carbocycles. The number of likely N-dealkylation sites (N-methyl/N-ethyl adjacent to an activating group) is 2. The number of phenolic OH excluding ortho intramolecular Hbond substituents is 1. The van der Waals surface area contributed by atoms with Gasteiger partial charge in [0.05, 0.1) is 21.1 Å². The lowest BCUT2D eigenvalue weighted by molar-refractivity contribution is 0.0287. The minimum atomic E-state index is -0.650. The summed E-state index contributed by atoms with van der Waals surface area (Å²) in [7, 11) is 3.18. The summed E-state index contributed by atoms with van der Waals surface area (Å²) in [6, 6.07) is 21.6. The van der Waals surface area contributed by atoms with Crippen molar-refractivity contribution < 1.29 is 33.8 Å². The van der Waals surface area contributed by atoms with Gasteiger partial charge in [-0.05, 0) is 54.8 Å². The summed E-state index contributed by atoms with van der Waals surface area (Å²) in [6.45, 7) is 6.39. The molecule has 0 fully saturated rings. The van der Waals surface area contributed by atoms with E-state index >= 15 is 0 Å². The highest BCUT2D eigenvalue weighted by molar-refractivity contribution is 7.16. The summed E-state index contributed by atoms with van der Waals surface area (Å²) in [6.07, 6.45) is -1.14. The molecule has 11 nitrogen and oxygen atoms in total. The van der Waals surface area contributed by atoms with E-state index in [9.17, 15) is 24.3 Å². The predicted octanol–water partition coefficient (Wildman–Crippen LogP) is 9.02. The number of aromatic hydroxyl groups is 1. The summed E-state index contributed by atoms with van der Waals surface area (Å²) in [4.78, 5) is 61.0. The number of phenols is 1. The number of rotatable bonds is 8. The lowest BCUT2D eigenvalue weighted by Gasteiger charge is -2.26. The Labute approximate surface area is 338 Å². The van der Waals surface area contributed by atoms with Gasteiger partial charge < -0.3 is 34.2 Å². The minimum Gasteiger partial charge on any atom is -0.507 e. The average molecular weight is 818 g/mol. The molecular formula is C42H42Cl2N4O7S. The monoisotopic (exact) mass is 816 g/mol. The summed E-state index contributed by atoms with van der Waals surface area (Å²) in [5, 5.41) is 13.9. The first-order chi connectivity index (χ1) is 26.7. The summed E-state index contributed by atoms with van der Waals surface area (Å²) >= 11 is 14.0. The number of hydrogen-bond donors (Lipinski definition) is 1. The standard InChI is InChI=1S/C42H42Cl2N4O7S/c1-42(2,3)55-41(53)46(5)17-16-45(4)40(52)54-33-19-31-37(29-13-9-7-11-27(29)33)25(21-44)23-48(31)39(51)35-15-14-34(56-35)38(50)47-22-24(20-43)36-28-12-8-6-10-26(28)32(49)18-30(36)47/h6-15,18-19,24-25,49H,16-17,20-23H2,1-5H3/t24-,25-/m1/s1. The number of hydrogen-bond acceptors (Lipinski definition) is 8. The molecule has 0 bridgehead atoms. The number of nitrogens with zero attached hydrogens (tertiary/aromatic N) is 4. The van der Waals surface area contributed by atoms with E-state index in [1.165, 1.54) is 9.80 Å². The fourth-order valence-corrected chi connectivity index (χ4v) is 8.80. The number of fused-ring (bicyclic) bond motifs is 6. The van der Waals surface area contributed by atoms with E-state index in [1.807, 2.05) is 48.5 Å². The molecule has 292 valence electrons. The van der Waals surface area contributed by atoms with Crippen LogP contribution in [0.2, 0.25) is 0 Å². The van der Waals surface area contributed by atoms with Gasteiger partial charge in [-0.15, -0.1) is 34.5 Å². The number of benzene rings is 4. The van der Waals surface area contributed by atoms with Crippen LogP contribution < -0.4 is 14.5 Å². The molecule has 2 atom stereocenters. The van der Waals surface area contributed by atoms with Crippen LogP contribution in [0.3, 0.4) is 0 Å². The van der Waals surface area contributed by atoms with Crippen molar-refractivity contribution in [3.05, 3.63) is 93.7 Å². The van der Waals surface area contributed by atoms with Crippen molar-refractivity contribution in [1.29, 1.82) is 0 Å². The zero-order valence-electron chi connectivity index (χ0n) is 31.7. The first-order valence-electron chi connectivity index (χ1n) is 18.2. The molecule has 0 spiro atoms. The first kappa shape index (κ1) is 39.2. The van der Waals surface area contributed by atoms with Crippen molar-refractivity contribution in [2.24, 2.45) is 0 Å². The molecule has 0 unspecified atom stereocenters. The van der Waals surface area contributed by atoms with E-state index in [0.717, 1.165) is 33.2 Å². The SMILES string of the molecule is CN(CCN(C)C(=O)OC(C)(C)C)C(=O)Oc1cc2c(c3ccccc13)[C@H](CCl)CN2C(=O)c1ccc(C(=O)N2C[C@@H](CCl)c3c2cc(O)c2ccccc32)s1. The Morgan fingerprint density at radius 1 is 0.732 bits per heavy atom. The van der Waals surface area contributed by atoms with E-state index in [-0.39, 0.29) is 54.1 Å². The van der Waals surface area contributed by atoms with Gasteiger partial charge in [0.1, 0.15) is 17.1 Å². The van der Waals surface area contributed by atoms with E-state index in [2.05, 4.69) is 0 Å². The van der Waals surface area contributed by atoms with Gasteiger partial charge in [-0.1, -0.05) is 48.5 Å². The number of carbonyl (C=O) groups excluding carboxylic acids is 4. The molecule has 14 heteroatoms. The maximum Gasteiger partial charge on any atom is 0.415 e. The number of anilines is 2. The smallest absolute Gasteiger partial charge is 0.415 e. The molecule has 3 heterocycles. The van der Waals surface area contributed by atoms with E-state index < -0.39 is 17.8 Å². The van der Waals surface area contributed by atoms with Gasteiger partial charge in [0, 0.05) is 86.8 Å². The topological polar surface area (TPSA) is 120 Å². The first-order valence-corrected chi connectivity index (χ1v) is 20.1. The van der Waals surface area contributed by atoms with Crippen LogP contribution in [0.1, 0.15) is 63.1 Å². The molecule has 0 radical (unpaired) electrons. The highest BCUT2D eigenvalue weighted by Crippen LogP contribution is 2.48. The summed E-state index contributed by atoms with van der Waals surface area (Å²) in [5.41, 5.74) is 2.31. The second kappa shape index (κ2) is 15.5. The van der Waals surface area contributed by atoms with Crippen molar-refractivity contribution in [2.75, 3.05) is 61.8 Å². The number of ether oxygens (including phenoxy) is 2. The van der Waals surface area contributed by atoms with Gasteiger partial charge in [-0.25, -0.2) is 9.59 Å². The average Bonchev–Trinajstić information content (AvgIpc) is 3.92. The Morgan fingerprint density at radius 3 is 1.71 bits per heavy atom. The Balaban J connectivity index is 1.14. The molecule has 0 saturated heterocycles. The van der Waals surface area contributed by atoms with E-state index in [1.54, 1.807) is 68.9 Å². The molecule has 1 aromatic heterocycles. The van der Waals surface area contributed by atoms with Gasteiger partial charge in [-0.2, -0.15) is 0 Å². The zero-order valence-corrected chi connectivity index (χ0v) is 34.0. The number of thiophene rings is 1. The molecule has 0 aliphatic carbocycles. The van der Waals surface area contributed by atoms with Gasteiger partial charge in [0.15, 0.2) is 0 Å². The van der Waals surface area contributed by atoms with Crippen molar-refractivity contribution >= 4 is 91.5 Å². The van der Waals surface area contributed by atoms with Crippen LogP contribution in [-0.4, -0.2) is 96.5 Å².